The molecule has 1 fully saturated rings. The molecule has 1 atom stereocenters. The maximum atomic E-state index is 12.2. The molecular weight excluding hydrogens is 256 g/mol. The fourth-order valence-electron chi connectivity index (χ4n) is 1.87. The van der Waals surface area contributed by atoms with E-state index in [0.29, 0.717) is 25.3 Å². The Hall–Kier alpha value is -1.25. The lowest BCUT2D eigenvalue weighted by atomic mass is 10.1. The van der Waals surface area contributed by atoms with Gasteiger partial charge in [-0.25, -0.2) is 18.4 Å². The van der Waals surface area contributed by atoms with E-state index < -0.39 is 16.1 Å². The summed E-state index contributed by atoms with van der Waals surface area (Å²) in [5.41, 5.74) is 0. The molecule has 2 heterocycles. The minimum Gasteiger partial charge on any atom is -0.392 e. The normalized spacial score (nSPS) is 21.8. The molecule has 7 nitrogen and oxygen atoms in total. The van der Waals surface area contributed by atoms with Crippen molar-refractivity contribution >= 4 is 16.0 Å². The minimum atomic E-state index is -3.60. The zero-order valence-corrected chi connectivity index (χ0v) is 10.9. The van der Waals surface area contributed by atoms with Gasteiger partial charge in [0.25, 0.3) is 0 Å². The van der Waals surface area contributed by atoms with Gasteiger partial charge in [-0.3, -0.25) is 0 Å². The van der Waals surface area contributed by atoms with Crippen LogP contribution in [0.25, 0.3) is 0 Å². The van der Waals surface area contributed by atoms with Crippen LogP contribution in [0.1, 0.15) is 12.8 Å². The van der Waals surface area contributed by atoms with Gasteiger partial charge in [-0.2, -0.15) is 4.31 Å². The molecule has 2 rings (SSSR count). The van der Waals surface area contributed by atoms with E-state index in [1.165, 1.54) is 16.7 Å². The van der Waals surface area contributed by atoms with E-state index in [1.807, 2.05) is 0 Å². The first kappa shape index (κ1) is 13.2. The molecule has 8 heteroatoms. The van der Waals surface area contributed by atoms with Crippen molar-refractivity contribution in [2.45, 2.75) is 23.8 Å². The first-order valence-electron chi connectivity index (χ1n) is 5.72. The van der Waals surface area contributed by atoms with Crippen LogP contribution in [0.3, 0.4) is 0 Å². The molecular formula is C10H16N4O3S. The number of hydrogen-bond donors (Lipinski definition) is 2. The maximum absolute atomic E-state index is 12.2. The lowest BCUT2D eigenvalue weighted by molar-refractivity contribution is 0.108. The number of hydrogen-bond acceptors (Lipinski definition) is 6. The average Bonchev–Trinajstić information content (AvgIpc) is 2.39. The summed E-state index contributed by atoms with van der Waals surface area (Å²) in [5, 5.41) is 12.2. The number of aliphatic hydroxyl groups is 1. The van der Waals surface area contributed by atoms with Crippen LogP contribution in [-0.4, -0.2) is 54.0 Å². The number of sulfonamides is 1. The summed E-state index contributed by atoms with van der Waals surface area (Å²) < 4.78 is 25.8. The van der Waals surface area contributed by atoms with Crippen LogP contribution in [0.5, 0.6) is 0 Å². The standard InChI is InChI=1S/C10H16N4O3S/c1-11-10-12-5-9(6-13-10)18(16,17)14-4-2-3-8(15)7-14/h5-6,8,15H,2-4,7H2,1H3,(H,11,12,13). The van der Waals surface area contributed by atoms with Gasteiger partial charge in [0.2, 0.25) is 16.0 Å². The monoisotopic (exact) mass is 272 g/mol. The quantitative estimate of drug-likeness (QED) is 0.782. The van der Waals surface area contributed by atoms with Gasteiger partial charge in [0.05, 0.1) is 18.5 Å². The summed E-state index contributed by atoms with van der Waals surface area (Å²) in [5.74, 6) is 0.368. The summed E-state index contributed by atoms with van der Waals surface area (Å²) >= 11 is 0. The highest BCUT2D eigenvalue weighted by atomic mass is 32.2. The van der Waals surface area contributed by atoms with Crippen LogP contribution in [0.4, 0.5) is 5.95 Å². The van der Waals surface area contributed by atoms with E-state index in [9.17, 15) is 13.5 Å². The van der Waals surface area contributed by atoms with Crippen molar-refractivity contribution in [1.82, 2.24) is 14.3 Å². The molecule has 18 heavy (non-hydrogen) atoms. The topological polar surface area (TPSA) is 95.4 Å². The van der Waals surface area contributed by atoms with Gasteiger partial charge in [0.15, 0.2) is 0 Å². The molecule has 1 aliphatic heterocycles. The van der Waals surface area contributed by atoms with Gasteiger partial charge < -0.3 is 10.4 Å². The SMILES string of the molecule is CNc1ncc(S(=O)(=O)N2CCCC(O)C2)cn1. The zero-order valence-electron chi connectivity index (χ0n) is 10.1. The van der Waals surface area contributed by atoms with Crippen molar-refractivity contribution in [3.63, 3.8) is 0 Å². The molecule has 0 aliphatic carbocycles. The van der Waals surface area contributed by atoms with Crippen LogP contribution in [-0.2, 0) is 10.0 Å². The number of nitrogens with zero attached hydrogens (tertiary/aromatic N) is 3. The van der Waals surface area contributed by atoms with E-state index in [2.05, 4.69) is 15.3 Å². The van der Waals surface area contributed by atoms with Crippen molar-refractivity contribution in [2.75, 3.05) is 25.5 Å². The number of piperidine rings is 1. The molecule has 1 aromatic rings. The highest BCUT2D eigenvalue weighted by Crippen LogP contribution is 2.19. The van der Waals surface area contributed by atoms with Gasteiger partial charge in [-0.05, 0) is 12.8 Å². The molecule has 1 aromatic heterocycles. The number of rotatable bonds is 3. The molecule has 1 saturated heterocycles. The third kappa shape index (κ3) is 2.60. The van der Waals surface area contributed by atoms with Crippen LogP contribution >= 0.6 is 0 Å². The van der Waals surface area contributed by atoms with Crippen LogP contribution in [0.2, 0.25) is 0 Å². The summed E-state index contributed by atoms with van der Waals surface area (Å²) in [6.45, 7) is 0.559. The number of anilines is 1. The van der Waals surface area contributed by atoms with Gasteiger partial charge in [-0.1, -0.05) is 0 Å². The Morgan fingerprint density at radius 2 is 2.11 bits per heavy atom. The second-order valence-electron chi connectivity index (χ2n) is 4.15. The summed E-state index contributed by atoms with van der Waals surface area (Å²) in [6.07, 6.45) is 3.26. The fraction of sp³-hybridized carbons (Fsp3) is 0.600. The smallest absolute Gasteiger partial charge is 0.246 e. The average molecular weight is 272 g/mol. The second kappa shape index (κ2) is 5.17. The number of aliphatic hydroxyl groups excluding tert-OH is 1. The third-order valence-electron chi connectivity index (χ3n) is 2.85. The number of aromatic nitrogens is 2. The summed E-state index contributed by atoms with van der Waals surface area (Å²) in [4.78, 5) is 7.83. The van der Waals surface area contributed by atoms with E-state index in [-0.39, 0.29) is 11.4 Å². The Bertz CT molecular complexity index is 502. The second-order valence-corrected chi connectivity index (χ2v) is 6.09. The molecule has 100 valence electrons. The molecule has 0 aromatic carbocycles. The van der Waals surface area contributed by atoms with Gasteiger partial charge in [-0.15, -0.1) is 0 Å². The van der Waals surface area contributed by atoms with Gasteiger partial charge in [0.1, 0.15) is 4.90 Å². The van der Waals surface area contributed by atoms with Crippen molar-refractivity contribution < 1.29 is 13.5 Å². The maximum Gasteiger partial charge on any atom is 0.246 e. The van der Waals surface area contributed by atoms with E-state index in [4.69, 9.17) is 0 Å². The Balaban J connectivity index is 2.23. The molecule has 0 bridgehead atoms. The Morgan fingerprint density at radius 3 is 2.67 bits per heavy atom. The first-order chi connectivity index (χ1) is 8.54. The van der Waals surface area contributed by atoms with Crippen molar-refractivity contribution in [2.24, 2.45) is 0 Å². The third-order valence-corrected chi connectivity index (χ3v) is 4.67. The zero-order chi connectivity index (χ0) is 13.2. The lowest BCUT2D eigenvalue weighted by Gasteiger charge is -2.28. The molecule has 0 amide bonds. The first-order valence-corrected chi connectivity index (χ1v) is 7.16. The minimum absolute atomic E-state index is 0.0515. The molecule has 1 aliphatic rings. The van der Waals surface area contributed by atoms with Crippen LogP contribution in [0.15, 0.2) is 17.3 Å². The predicted octanol–water partition coefficient (Wildman–Crippen LogP) is -0.336. The van der Waals surface area contributed by atoms with Crippen LogP contribution < -0.4 is 5.32 Å². The van der Waals surface area contributed by atoms with Crippen molar-refractivity contribution in [1.29, 1.82) is 0 Å². The van der Waals surface area contributed by atoms with Gasteiger partial charge in [0, 0.05) is 20.1 Å². The molecule has 2 N–H and O–H groups in total. The Labute approximate surface area is 106 Å². The van der Waals surface area contributed by atoms with E-state index in [1.54, 1.807) is 7.05 Å². The lowest BCUT2D eigenvalue weighted by Crippen LogP contribution is -2.42. The molecule has 0 saturated carbocycles. The molecule has 0 radical (unpaired) electrons. The summed E-state index contributed by atoms with van der Waals surface area (Å²) in [7, 11) is -1.94. The highest BCUT2D eigenvalue weighted by Gasteiger charge is 2.29. The largest absolute Gasteiger partial charge is 0.392 e. The number of β-amino-alcohol motifs (C(OH)–C–C–N with tert-alkyl or cyclic N) is 1. The predicted molar refractivity (Wildman–Crippen MR) is 65.6 cm³/mol. The van der Waals surface area contributed by atoms with Crippen molar-refractivity contribution in [3.05, 3.63) is 12.4 Å². The Morgan fingerprint density at radius 1 is 1.44 bits per heavy atom. The van der Waals surface area contributed by atoms with Crippen molar-refractivity contribution in [3.8, 4) is 0 Å². The van der Waals surface area contributed by atoms with E-state index in [0.717, 1.165) is 0 Å². The highest BCUT2D eigenvalue weighted by molar-refractivity contribution is 7.89. The molecule has 0 spiro atoms. The number of nitrogens with one attached hydrogen (secondary N) is 1. The van der Waals surface area contributed by atoms with Gasteiger partial charge >= 0.3 is 0 Å². The summed E-state index contributed by atoms with van der Waals surface area (Å²) in [6, 6.07) is 0. The molecule has 1 unspecified atom stereocenters. The Kier molecular flexibility index (Phi) is 3.79. The van der Waals surface area contributed by atoms with E-state index >= 15 is 0 Å². The fourth-order valence-corrected chi connectivity index (χ4v) is 3.27. The van der Waals surface area contributed by atoms with Crippen LogP contribution in [0, 0.1) is 0 Å².